The molecule has 7 heteroatoms. The number of nitriles is 1. The van der Waals surface area contributed by atoms with Crippen LogP contribution in [0.5, 0.6) is 17.2 Å². The van der Waals surface area contributed by atoms with E-state index in [1.165, 1.54) is 27.4 Å². The number of rotatable bonds is 6. The number of benzene rings is 2. The summed E-state index contributed by atoms with van der Waals surface area (Å²) in [7, 11) is 4.44. The smallest absolute Gasteiger partial charge is 0.266 e. The highest BCUT2D eigenvalue weighted by Gasteiger charge is 2.14. The van der Waals surface area contributed by atoms with Crippen LogP contribution in [0.4, 0.5) is 5.69 Å². The summed E-state index contributed by atoms with van der Waals surface area (Å²) in [6.45, 7) is 0. The lowest BCUT2D eigenvalue weighted by molar-refractivity contribution is -0.112. The molecule has 0 atom stereocenters. The molecule has 1 amide bonds. The molecule has 6 nitrogen and oxygen atoms in total. The summed E-state index contributed by atoms with van der Waals surface area (Å²) in [5, 5.41) is 12.3. The zero-order chi connectivity index (χ0) is 19.1. The number of nitrogens with zero attached hydrogens (tertiary/aromatic N) is 1. The minimum absolute atomic E-state index is 0.0980. The van der Waals surface area contributed by atoms with Crippen molar-refractivity contribution in [2.75, 3.05) is 26.6 Å². The third-order valence-corrected chi connectivity index (χ3v) is 3.77. The highest BCUT2D eigenvalue weighted by Crippen LogP contribution is 2.36. The van der Waals surface area contributed by atoms with Gasteiger partial charge in [-0.05, 0) is 35.9 Å². The minimum atomic E-state index is -0.567. The number of para-hydroxylation sites is 2. The fraction of sp³-hybridized carbons (Fsp3) is 0.158. The first-order chi connectivity index (χ1) is 12.5. The Hall–Kier alpha value is -3.17. The van der Waals surface area contributed by atoms with E-state index in [4.69, 9.17) is 25.8 Å². The van der Waals surface area contributed by atoms with E-state index < -0.39 is 5.91 Å². The second-order valence-electron chi connectivity index (χ2n) is 5.06. The van der Waals surface area contributed by atoms with E-state index in [0.717, 1.165) is 0 Å². The molecule has 0 aliphatic heterocycles. The quantitative estimate of drug-likeness (QED) is 0.614. The molecule has 0 unspecified atom stereocenters. The molecule has 2 aromatic rings. The molecule has 0 bridgehead atoms. The summed E-state index contributed by atoms with van der Waals surface area (Å²) in [6, 6.07) is 12.0. The maximum Gasteiger partial charge on any atom is 0.266 e. The molecular weight excluding hydrogens is 356 g/mol. The van der Waals surface area contributed by atoms with Crippen molar-refractivity contribution >= 4 is 29.3 Å². The van der Waals surface area contributed by atoms with Crippen molar-refractivity contribution in [2.24, 2.45) is 0 Å². The first kappa shape index (κ1) is 19.2. The van der Waals surface area contributed by atoms with Gasteiger partial charge in [0.2, 0.25) is 0 Å². The largest absolute Gasteiger partial charge is 0.495 e. The summed E-state index contributed by atoms with van der Waals surface area (Å²) in [5.41, 5.74) is 0.894. The highest BCUT2D eigenvalue weighted by atomic mass is 35.5. The van der Waals surface area contributed by atoms with Gasteiger partial charge in [0.15, 0.2) is 11.5 Å². The second-order valence-corrected chi connectivity index (χ2v) is 5.47. The van der Waals surface area contributed by atoms with E-state index in [0.29, 0.717) is 33.5 Å². The SMILES string of the molecule is COc1ccccc1NC(=O)/C(C#N)=C/c1cc(Cl)c(OC)c(OC)c1. The number of anilines is 1. The van der Waals surface area contributed by atoms with Gasteiger partial charge in [-0.1, -0.05) is 23.7 Å². The van der Waals surface area contributed by atoms with Gasteiger partial charge in [0.1, 0.15) is 17.4 Å². The van der Waals surface area contributed by atoms with Crippen molar-refractivity contribution in [3.63, 3.8) is 0 Å². The van der Waals surface area contributed by atoms with Gasteiger partial charge in [0.05, 0.1) is 32.0 Å². The molecular formula is C19H17ClN2O4. The second kappa shape index (κ2) is 8.79. The summed E-state index contributed by atoms with van der Waals surface area (Å²) >= 11 is 6.15. The molecule has 2 aromatic carbocycles. The first-order valence-electron chi connectivity index (χ1n) is 7.51. The van der Waals surface area contributed by atoms with Crippen LogP contribution in [0.3, 0.4) is 0 Å². The number of hydrogen-bond donors (Lipinski definition) is 1. The molecule has 134 valence electrons. The fourth-order valence-corrected chi connectivity index (χ4v) is 2.57. The summed E-state index contributed by atoms with van der Waals surface area (Å²) in [5.74, 6) is 0.701. The predicted molar refractivity (Wildman–Crippen MR) is 99.8 cm³/mol. The van der Waals surface area contributed by atoms with Crippen LogP contribution in [-0.2, 0) is 4.79 Å². The van der Waals surface area contributed by atoms with Gasteiger partial charge < -0.3 is 19.5 Å². The molecule has 0 aliphatic rings. The average molecular weight is 373 g/mol. The number of amides is 1. The molecule has 26 heavy (non-hydrogen) atoms. The third kappa shape index (κ3) is 4.26. The monoisotopic (exact) mass is 372 g/mol. The lowest BCUT2D eigenvalue weighted by atomic mass is 10.1. The van der Waals surface area contributed by atoms with Crippen molar-refractivity contribution < 1.29 is 19.0 Å². The van der Waals surface area contributed by atoms with E-state index >= 15 is 0 Å². The van der Waals surface area contributed by atoms with Crippen molar-refractivity contribution in [3.8, 4) is 23.3 Å². The maximum atomic E-state index is 12.4. The highest BCUT2D eigenvalue weighted by molar-refractivity contribution is 6.32. The zero-order valence-electron chi connectivity index (χ0n) is 14.5. The molecule has 2 rings (SSSR count). The lowest BCUT2D eigenvalue weighted by Crippen LogP contribution is -2.14. The molecule has 0 aromatic heterocycles. The third-order valence-electron chi connectivity index (χ3n) is 3.49. The Bertz CT molecular complexity index is 888. The van der Waals surface area contributed by atoms with Gasteiger partial charge in [-0.15, -0.1) is 0 Å². The molecule has 0 aliphatic carbocycles. The number of ether oxygens (including phenoxy) is 3. The van der Waals surface area contributed by atoms with Gasteiger partial charge in [-0.2, -0.15) is 5.26 Å². The predicted octanol–water partition coefficient (Wildman–Crippen LogP) is 3.91. The van der Waals surface area contributed by atoms with Crippen LogP contribution in [-0.4, -0.2) is 27.2 Å². The molecule has 0 spiro atoms. The Morgan fingerprint density at radius 2 is 1.81 bits per heavy atom. The normalized spacial score (nSPS) is 10.7. The van der Waals surface area contributed by atoms with Gasteiger partial charge in [-0.25, -0.2) is 0 Å². The molecule has 0 saturated carbocycles. The average Bonchev–Trinajstić information content (AvgIpc) is 2.65. The van der Waals surface area contributed by atoms with Crippen LogP contribution in [0, 0.1) is 11.3 Å². The van der Waals surface area contributed by atoms with Crippen LogP contribution in [0.1, 0.15) is 5.56 Å². The van der Waals surface area contributed by atoms with Crippen molar-refractivity contribution in [2.45, 2.75) is 0 Å². The first-order valence-corrected chi connectivity index (χ1v) is 7.89. The maximum absolute atomic E-state index is 12.4. The van der Waals surface area contributed by atoms with E-state index in [-0.39, 0.29) is 5.57 Å². The Morgan fingerprint density at radius 1 is 1.12 bits per heavy atom. The van der Waals surface area contributed by atoms with Gasteiger partial charge in [0.25, 0.3) is 5.91 Å². The Labute approximate surface area is 156 Å². The topological polar surface area (TPSA) is 80.6 Å². The fourth-order valence-electron chi connectivity index (χ4n) is 2.27. The van der Waals surface area contributed by atoms with E-state index in [2.05, 4.69) is 5.32 Å². The van der Waals surface area contributed by atoms with Gasteiger partial charge in [0, 0.05) is 0 Å². The number of hydrogen-bond acceptors (Lipinski definition) is 5. The number of carbonyl (C=O) groups excluding carboxylic acids is 1. The Balaban J connectivity index is 2.34. The Kier molecular flexibility index (Phi) is 6.48. The molecule has 0 fully saturated rings. The Morgan fingerprint density at radius 3 is 2.42 bits per heavy atom. The molecule has 0 radical (unpaired) electrons. The van der Waals surface area contributed by atoms with E-state index in [1.807, 2.05) is 6.07 Å². The van der Waals surface area contributed by atoms with E-state index in [9.17, 15) is 10.1 Å². The van der Waals surface area contributed by atoms with Crippen LogP contribution >= 0.6 is 11.6 Å². The van der Waals surface area contributed by atoms with Crippen LogP contribution < -0.4 is 19.5 Å². The number of halogens is 1. The zero-order valence-corrected chi connectivity index (χ0v) is 15.3. The summed E-state index contributed by atoms with van der Waals surface area (Å²) < 4.78 is 15.6. The van der Waals surface area contributed by atoms with Crippen LogP contribution in [0.15, 0.2) is 42.0 Å². The van der Waals surface area contributed by atoms with Gasteiger partial charge >= 0.3 is 0 Å². The van der Waals surface area contributed by atoms with Crippen LogP contribution in [0.25, 0.3) is 6.08 Å². The summed E-state index contributed by atoms with van der Waals surface area (Å²) in [6.07, 6.45) is 1.42. The van der Waals surface area contributed by atoms with E-state index in [1.54, 1.807) is 36.4 Å². The van der Waals surface area contributed by atoms with Crippen molar-refractivity contribution in [1.82, 2.24) is 0 Å². The number of nitrogens with one attached hydrogen (secondary N) is 1. The van der Waals surface area contributed by atoms with Gasteiger partial charge in [-0.3, -0.25) is 4.79 Å². The molecule has 1 N–H and O–H groups in total. The van der Waals surface area contributed by atoms with Crippen LogP contribution in [0.2, 0.25) is 5.02 Å². The standard InChI is InChI=1S/C19H17ClN2O4/c1-24-16-7-5-4-6-15(16)22-19(23)13(11-21)8-12-9-14(20)18(26-3)17(10-12)25-2/h4-10H,1-3H3,(H,22,23)/b13-8+. The lowest BCUT2D eigenvalue weighted by Gasteiger charge is -2.11. The van der Waals surface area contributed by atoms with Crippen molar-refractivity contribution in [3.05, 3.63) is 52.6 Å². The van der Waals surface area contributed by atoms with Crippen molar-refractivity contribution in [1.29, 1.82) is 5.26 Å². The molecule has 0 saturated heterocycles. The number of methoxy groups -OCH3 is 3. The minimum Gasteiger partial charge on any atom is -0.495 e. The molecule has 0 heterocycles. The number of carbonyl (C=O) groups is 1. The summed E-state index contributed by atoms with van der Waals surface area (Å²) in [4.78, 5) is 12.4.